The van der Waals surface area contributed by atoms with Crippen LogP contribution in [0.1, 0.15) is 25.6 Å². The summed E-state index contributed by atoms with van der Waals surface area (Å²) in [6, 6.07) is 2.08. The lowest BCUT2D eigenvalue weighted by atomic mass is 10.00. The molecule has 1 aliphatic heterocycles. The largest absolute Gasteiger partial charge is 0.467 e. The Morgan fingerprint density at radius 1 is 1.27 bits per heavy atom. The first-order chi connectivity index (χ1) is 12.5. The lowest BCUT2D eigenvalue weighted by molar-refractivity contribution is -0.144. The number of amides is 2. The van der Waals surface area contributed by atoms with Gasteiger partial charge in [-0.05, 0) is 33.0 Å². The molecule has 2 N–H and O–H groups in total. The van der Waals surface area contributed by atoms with E-state index in [1.54, 1.807) is 37.9 Å². The SMILES string of the molecule is CCOC(=O)CN(C)CC1=C(C(=O)OCC)C(c2ccco2)NC(=O)N1. The fourth-order valence-electron chi connectivity index (χ4n) is 2.61. The van der Waals surface area contributed by atoms with E-state index in [1.165, 1.54) is 6.26 Å². The zero-order valence-corrected chi connectivity index (χ0v) is 15.0. The van der Waals surface area contributed by atoms with Crippen molar-refractivity contribution < 1.29 is 28.3 Å². The summed E-state index contributed by atoms with van der Waals surface area (Å²) in [6.07, 6.45) is 1.46. The third-order valence-electron chi connectivity index (χ3n) is 3.61. The van der Waals surface area contributed by atoms with Gasteiger partial charge in [-0.2, -0.15) is 0 Å². The Bertz CT molecular complexity index is 683. The number of nitrogens with zero attached hydrogens (tertiary/aromatic N) is 1. The Morgan fingerprint density at radius 3 is 2.62 bits per heavy atom. The molecule has 1 atom stereocenters. The first-order valence-electron chi connectivity index (χ1n) is 8.31. The van der Waals surface area contributed by atoms with Crippen LogP contribution in [0, 0.1) is 0 Å². The molecule has 1 unspecified atom stereocenters. The van der Waals surface area contributed by atoms with E-state index in [2.05, 4.69) is 10.6 Å². The van der Waals surface area contributed by atoms with Crippen LogP contribution in [0.2, 0.25) is 0 Å². The molecule has 0 spiro atoms. The number of carbonyl (C=O) groups is 3. The molecule has 2 amide bonds. The van der Waals surface area contributed by atoms with Crippen LogP contribution >= 0.6 is 0 Å². The van der Waals surface area contributed by atoms with Crippen molar-refractivity contribution in [2.24, 2.45) is 0 Å². The van der Waals surface area contributed by atoms with Crippen LogP contribution in [0.3, 0.4) is 0 Å². The molecule has 0 aliphatic carbocycles. The van der Waals surface area contributed by atoms with Crippen molar-refractivity contribution in [2.45, 2.75) is 19.9 Å². The summed E-state index contributed by atoms with van der Waals surface area (Å²) >= 11 is 0. The van der Waals surface area contributed by atoms with Gasteiger partial charge in [-0.3, -0.25) is 9.69 Å². The number of furan rings is 1. The van der Waals surface area contributed by atoms with Gasteiger partial charge in [0.15, 0.2) is 0 Å². The fourth-order valence-corrected chi connectivity index (χ4v) is 2.61. The normalized spacial score (nSPS) is 16.9. The highest BCUT2D eigenvalue weighted by Crippen LogP contribution is 2.28. The molecule has 0 saturated carbocycles. The highest BCUT2D eigenvalue weighted by Gasteiger charge is 2.35. The number of nitrogens with one attached hydrogen (secondary N) is 2. The summed E-state index contributed by atoms with van der Waals surface area (Å²) < 4.78 is 15.4. The Balaban J connectivity index is 2.31. The number of urea groups is 1. The van der Waals surface area contributed by atoms with Gasteiger partial charge in [0.2, 0.25) is 0 Å². The molecule has 1 aliphatic rings. The Labute approximate surface area is 151 Å². The predicted octanol–water partition coefficient (Wildman–Crippen LogP) is 0.946. The summed E-state index contributed by atoms with van der Waals surface area (Å²) in [5, 5.41) is 5.29. The van der Waals surface area contributed by atoms with Gasteiger partial charge in [-0.15, -0.1) is 0 Å². The topological polar surface area (TPSA) is 110 Å². The number of ether oxygens (including phenoxy) is 2. The molecule has 9 nitrogen and oxygen atoms in total. The summed E-state index contributed by atoms with van der Waals surface area (Å²) in [7, 11) is 1.68. The standard InChI is InChI=1S/C17H23N3O6/c1-4-24-13(21)10-20(3)9-11-14(16(22)25-5-2)15(19-17(23)18-11)12-7-6-8-26-12/h6-8,15H,4-5,9-10H2,1-3H3,(H2,18,19,23). The Morgan fingerprint density at radius 2 is 2.00 bits per heavy atom. The monoisotopic (exact) mass is 365 g/mol. The van der Waals surface area contributed by atoms with Gasteiger partial charge < -0.3 is 24.5 Å². The first kappa shape index (κ1) is 19.5. The van der Waals surface area contributed by atoms with Crippen LogP contribution in [0.25, 0.3) is 0 Å². The summed E-state index contributed by atoms with van der Waals surface area (Å²) in [5.41, 5.74) is 0.581. The van der Waals surface area contributed by atoms with Gasteiger partial charge >= 0.3 is 18.0 Å². The molecule has 2 rings (SSSR count). The van der Waals surface area contributed by atoms with Crippen molar-refractivity contribution in [1.82, 2.24) is 15.5 Å². The van der Waals surface area contributed by atoms with E-state index in [0.29, 0.717) is 11.5 Å². The highest BCUT2D eigenvalue weighted by atomic mass is 16.5. The zero-order valence-electron chi connectivity index (χ0n) is 15.0. The van der Waals surface area contributed by atoms with E-state index >= 15 is 0 Å². The number of likely N-dealkylation sites (N-methyl/N-ethyl adjacent to an activating group) is 1. The molecule has 26 heavy (non-hydrogen) atoms. The zero-order chi connectivity index (χ0) is 19.1. The molecule has 1 aromatic heterocycles. The average Bonchev–Trinajstić information content (AvgIpc) is 3.08. The van der Waals surface area contributed by atoms with Crippen molar-refractivity contribution in [3.05, 3.63) is 35.4 Å². The summed E-state index contributed by atoms with van der Waals surface area (Å²) in [4.78, 5) is 37.8. The van der Waals surface area contributed by atoms with E-state index in [9.17, 15) is 14.4 Å². The number of esters is 2. The first-order valence-corrected chi connectivity index (χ1v) is 8.31. The second-order valence-electron chi connectivity index (χ2n) is 5.64. The van der Waals surface area contributed by atoms with E-state index in [-0.39, 0.29) is 31.9 Å². The number of hydrogen-bond donors (Lipinski definition) is 2. The minimum Gasteiger partial charge on any atom is -0.467 e. The van der Waals surface area contributed by atoms with Crippen molar-refractivity contribution in [3.63, 3.8) is 0 Å². The van der Waals surface area contributed by atoms with E-state index in [1.807, 2.05) is 0 Å². The molecule has 0 radical (unpaired) electrons. The Hall–Kier alpha value is -2.81. The number of carbonyl (C=O) groups excluding carboxylic acids is 3. The van der Waals surface area contributed by atoms with Gasteiger partial charge in [-0.1, -0.05) is 0 Å². The molecule has 1 aromatic rings. The molecule has 2 heterocycles. The Kier molecular flexibility index (Phi) is 6.79. The molecule has 9 heteroatoms. The maximum atomic E-state index is 12.5. The summed E-state index contributed by atoms with van der Waals surface area (Å²) in [6.45, 7) is 4.06. The second kappa shape index (κ2) is 9.04. The molecule has 0 saturated heterocycles. The third-order valence-corrected chi connectivity index (χ3v) is 3.61. The maximum absolute atomic E-state index is 12.5. The van der Waals surface area contributed by atoms with Crippen LogP contribution in [0.5, 0.6) is 0 Å². The molecular formula is C17H23N3O6. The average molecular weight is 365 g/mol. The molecule has 142 valence electrons. The van der Waals surface area contributed by atoms with Gasteiger partial charge in [0, 0.05) is 12.2 Å². The van der Waals surface area contributed by atoms with Crippen molar-refractivity contribution >= 4 is 18.0 Å². The summed E-state index contributed by atoms with van der Waals surface area (Å²) in [5.74, 6) is -0.550. The van der Waals surface area contributed by atoms with E-state index < -0.39 is 24.0 Å². The third kappa shape index (κ3) is 4.85. The van der Waals surface area contributed by atoms with Crippen molar-refractivity contribution in [3.8, 4) is 0 Å². The van der Waals surface area contributed by atoms with Crippen LogP contribution in [-0.4, -0.2) is 56.2 Å². The van der Waals surface area contributed by atoms with Gasteiger partial charge in [-0.25, -0.2) is 9.59 Å². The lowest BCUT2D eigenvalue weighted by Crippen LogP contribution is -2.48. The molecule has 0 bridgehead atoms. The van der Waals surface area contributed by atoms with E-state index in [4.69, 9.17) is 13.9 Å². The number of rotatable bonds is 8. The maximum Gasteiger partial charge on any atom is 0.338 e. The van der Waals surface area contributed by atoms with Crippen LogP contribution in [0.4, 0.5) is 4.79 Å². The van der Waals surface area contributed by atoms with E-state index in [0.717, 1.165) is 0 Å². The molecule has 0 aromatic carbocycles. The quantitative estimate of drug-likeness (QED) is 0.660. The van der Waals surface area contributed by atoms with Crippen LogP contribution < -0.4 is 10.6 Å². The smallest absolute Gasteiger partial charge is 0.338 e. The molecule has 0 fully saturated rings. The van der Waals surface area contributed by atoms with Gasteiger partial charge in [0.1, 0.15) is 11.8 Å². The van der Waals surface area contributed by atoms with Gasteiger partial charge in [0.05, 0.1) is 31.6 Å². The highest BCUT2D eigenvalue weighted by molar-refractivity contribution is 5.95. The lowest BCUT2D eigenvalue weighted by Gasteiger charge is -2.29. The number of hydrogen-bond acceptors (Lipinski definition) is 7. The molecular weight excluding hydrogens is 342 g/mol. The predicted molar refractivity (Wildman–Crippen MR) is 90.9 cm³/mol. The van der Waals surface area contributed by atoms with Crippen molar-refractivity contribution in [2.75, 3.05) is 33.4 Å². The minimum absolute atomic E-state index is 0.0160. The van der Waals surface area contributed by atoms with Gasteiger partial charge in [0.25, 0.3) is 0 Å². The van der Waals surface area contributed by atoms with Crippen LogP contribution in [-0.2, 0) is 19.1 Å². The fraction of sp³-hybridized carbons (Fsp3) is 0.471. The van der Waals surface area contributed by atoms with Crippen molar-refractivity contribution in [1.29, 1.82) is 0 Å². The van der Waals surface area contributed by atoms with Crippen LogP contribution in [0.15, 0.2) is 34.1 Å². The second-order valence-corrected chi connectivity index (χ2v) is 5.64. The minimum atomic E-state index is -0.774.